The van der Waals surface area contributed by atoms with Crippen LogP contribution in [0.25, 0.3) is 10.2 Å². The van der Waals surface area contributed by atoms with Gasteiger partial charge in [-0.2, -0.15) is 0 Å². The van der Waals surface area contributed by atoms with Gasteiger partial charge in [-0.1, -0.05) is 6.07 Å². The molecule has 0 aromatic carbocycles. The Hall–Kier alpha value is -2.05. The van der Waals surface area contributed by atoms with E-state index in [2.05, 4.69) is 49.6 Å². The largest absolute Gasteiger partial charge is 0.355 e. The van der Waals surface area contributed by atoms with Gasteiger partial charge in [-0.05, 0) is 62.2 Å². The summed E-state index contributed by atoms with van der Waals surface area (Å²) in [6.45, 7) is 5.29. The van der Waals surface area contributed by atoms with Gasteiger partial charge in [0.2, 0.25) is 0 Å². The molecule has 3 aromatic rings. The van der Waals surface area contributed by atoms with E-state index < -0.39 is 0 Å². The second-order valence-electron chi connectivity index (χ2n) is 6.93. The van der Waals surface area contributed by atoms with Gasteiger partial charge in [0.1, 0.15) is 12.1 Å². The maximum absolute atomic E-state index is 4.58. The molecule has 136 valence electrons. The van der Waals surface area contributed by atoms with Crippen molar-refractivity contribution in [1.82, 2.24) is 20.3 Å². The molecule has 0 spiro atoms. The first-order valence-electron chi connectivity index (χ1n) is 9.38. The van der Waals surface area contributed by atoms with Crippen molar-refractivity contribution >= 4 is 27.4 Å². The predicted molar refractivity (Wildman–Crippen MR) is 108 cm³/mol. The zero-order chi connectivity index (χ0) is 17.8. The molecule has 4 heterocycles. The highest BCUT2D eigenvalue weighted by Gasteiger charge is 2.22. The van der Waals surface area contributed by atoms with Crippen LogP contribution in [0.3, 0.4) is 0 Å². The first-order valence-corrected chi connectivity index (χ1v) is 10.3. The molecule has 0 aliphatic carbocycles. The van der Waals surface area contributed by atoms with E-state index in [4.69, 9.17) is 0 Å². The van der Waals surface area contributed by atoms with Crippen molar-refractivity contribution in [2.75, 3.05) is 24.5 Å². The first kappa shape index (κ1) is 17.4. The highest BCUT2D eigenvalue weighted by molar-refractivity contribution is 7.18. The average Bonchev–Trinajstić information content (AvgIpc) is 3.08. The molecule has 0 unspecified atom stereocenters. The summed E-state index contributed by atoms with van der Waals surface area (Å²) in [5.41, 5.74) is 3.54. The van der Waals surface area contributed by atoms with Crippen LogP contribution < -0.4 is 10.2 Å². The van der Waals surface area contributed by atoms with Gasteiger partial charge in [0.15, 0.2) is 0 Å². The van der Waals surface area contributed by atoms with Crippen LogP contribution >= 0.6 is 11.3 Å². The highest BCUT2D eigenvalue weighted by Crippen LogP contribution is 2.32. The molecule has 1 aliphatic rings. The number of nitrogens with zero attached hydrogens (tertiary/aromatic N) is 4. The standard InChI is InChI=1S/C20H25N5S/c1-15-13-26-19-18(15)23-14-24-20(19)25-11-7-17(8-12-25)22-10-4-6-16-5-2-3-9-21-16/h2-3,5,9,13-14,17,22H,4,6-8,10-12H2,1H3. The lowest BCUT2D eigenvalue weighted by Gasteiger charge is -2.33. The van der Waals surface area contributed by atoms with E-state index in [9.17, 15) is 0 Å². The molecule has 0 amide bonds. The number of thiophene rings is 1. The number of fused-ring (bicyclic) bond motifs is 1. The van der Waals surface area contributed by atoms with Crippen LogP contribution in [0.5, 0.6) is 0 Å². The Labute approximate surface area is 158 Å². The quantitative estimate of drug-likeness (QED) is 0.675. The lowest BCUT2D eigenvalue weighted by atomic mass is 10.0. The smallest absolute Gasteiger partial charge is 0.150 e. The van der Waals surface area contributed by atoms with Gasteiger partial charge in [0.05, 0.1) is 10.2 Å². The summed E-state index contributed by atoms with van der Waals surface area (Å²) >= 11 is 1.76. The Morgan fingerprint density at radius 1 is 1.19 bits per heavy atom. The van der Waals surface area contributed by atoms with Gasteiger partial charge in [-0.15, -0.1) is 11.3 Å². The number of piperidine rings is 1. The maximum Gasteiger partial charge on any atom is 0.150 e. The molecule has 0 bridgehead atoms. The number of aryl methyl sites for hydroxylation is 2. The van der Waals surface area contributed by atoms with Crippen molar-refractivity contribution in [3.8, 4) is 0 Å². The Balaban J connectivity index is 1.26. The van der Waals surface area contributed by atoms with Crippen LogP contribution in [0, 0.1) is 6.92 Å². The summed E-state index contributed by atoms with van der Waals surface area (Å²) in [6.07, 6.45) is 8.09. The van der Waals surface area contributed by atoms with Gasteiger partial charge in [-0.25, -0.2) is 9.97 Å². The van der Waals surface area contributed by atoms with Crippen molar-refractivity contribution in [1.29, 1.82) is 0 Å². The molecular weight excluding hydrogens is 342 g/mol. The third-order valence-corrected chi connectivity index (χ3v) is 6.16. The van der Waals surface area contributed by atoms with Crippen LogP contribution in [0.4, 0.5) is 5.82 Å². The fourth-order valence-corrected chi connectivity index (χ4v) is 4.62. The maximum atomic E-state index is 4.58. The number of hydrogen-bond donors (Lipinski definition) is 1. The predicted octanol–water partition coefficient (Wildman–Crippen LogP) is 3.59. The fraction of sp³-hybridized carbons (Fsp3) is 0.450. The summed E-state index contributed by atoms with van der Waals surface area (Å²) in [5.74, 6) is 1.11. The van der Waals surface area contributed by atoms with Crippen molar-refractivity contribution < 1.29 is 0 Å². The van der Waals surface area contributed by atoms with Gasteiger partial charge in [-0.3, -0.25) is 4.98 Å². The second kappa shape index (κ2) is 8.10. The van der Waals surface area contributed by atoms with E-state index in [0.29, 0.717) is 6.04 Å². The van der Waals surface area contributed by atoms with E-state index >= 15 is 0 Å². The molecule has 6 heteroatoms. The summed E-state index contributed by atoms with van der Waals surface area (Å²) in [5, 5.41) is 5.90. The molecule has 4 rings (SSSR count). The van der Waals surface area contributed by atoms with E-state index in [1.54, 1.807) is 17.7 Å². The Bertz CT molecular complexity index is 840. The summed E-state index contributed by atoms with van der Waals surface area (Å²) in [7, 11) is 0. The SMILES string of the molecule is Cc1csc2c(N3CCC(NCCCc4ccccn4)CC3)ncnc12. The fourth-order valence-electron chi connectivity index (χ4n) is 3.60. The minimum Gasteiger partial charge on any atom is -0.355 e. The lowest BCUT2D eigenvalue weighted by Crippen LogP contribution is -2.43. The van der Waals surface area contributed by atoms with Crippen LogP contribution in [-0.2, 0) is 6.42 Å². The number of rotatable bonds is 6. The van der Waals surface area contributed by atoms with Crippen molar-refractivity contribution in [2.24, 2.45) is 0 Å². The average molecular weight is 368 g/mol. The molecular formula is C20H25N5S. The highest BCUT2D eigenvalue weighted by atomic mass is 32.1. The van der Waals surface area contributed by atoms with Crippen LogP contribution in [0.1, 0.15) is 30.5 Å². The van der Waals surface area contributed by atoms with Gasteiger partial charge in [0.25, 0.3) is 0 Å². The molecule has 1 fully saturated rings. The van der Waals surface area contributed by atoms with E-state index in [-0.39, 0.29) is 0 Å². The zero-order valence-corrected chi connectivity index (χ0v) is 16.0. The van der Waals surface area contributed by atoms with Crippen molar-refractivity contribution in [2.45, 2.75) is 38.6 Å². The van der Waals surface area contributed by atoms with Gasteiger partial charge < -0.3 is 10.2 Å². The van der Waals surface area contributed by atoms with Crippen LogP contribution in [-0.4, -0.2) is 40.6 Å². The molecule has 1 aliphatic heterocycles. The molecule has 26 heavy (non-hydrogen) atoms. The molecule has 1 N–H and O–H groups in total. The summed E-state index contributed by atoms with van der Waals surface area (Å²) in [4.78, 5) is 15.8. The molecule has 0 atom stereocenters. The monoisotopic (exact) mass is 367 g/mol. The number of hydrogen-bond acceptors (Lipinski definition) is 6. The van der Waals surface area contributed by atoms with E-state index in [1.165, 1.54) is 28.8 Å². The molecule has 1 saturated heterocycles. The Kier molecular flexibility index (Phi) is 5.41. The zero-order valence-electron chi connectivity index (χ0n) is 15.2. The third-order valence-electron chi connectivity index (χ3n) is 5.08. The van der Waals surface area contributed by atoms with E-state index in [0.717, 1.165) is 43.8 Å². The second-order valence-corrected chi connectivity index (χ2v) is 7.81. The normalized spacial score (nSPS) is 15.7. The first-order chi connectivity index (χ1) is 12.8. The minimum absolute atomic E-state index is 0.609. The number of nitrogens with one attached hydrogen (secondary N) is 1. The summed E-state index contributed by atoms with van der Waals surface area (Å²) in [6, 6.07) is 6.74. The topological polar surface area (TPSA) is 53.9 Å². The molecule has 3 aromatic heterocycles. The number of pyridine rings is 1. The van der Waals surface area contributed by atoms with Crippen LogP contribution in [0.15, 0.2) is 36.1 Å². The molecule has 0 saturated carbocycles. The Morgan fingerprint density at radius 3 is 2.88 bits per heavy atom. The van der Waals surface area contributed by atoms with Gasteiger partial charge in [0, 0.05) is 31.0 Å². The molecule has 0 radical (unpaired) electrons. The summed E-state index contributed by atoms with van der Waals surface area (Å²) < 4.78 is 1.23. The van der Waals surface area contributed by atoms with Crippen molar-refractivity contribution in [3.63, 3.8) is 0 Å². The number of anilines is 1. The third kappa shape index (κ3) is 3.86. The lowest BCUT2D eigenvalue weighted by molar-refractivity contribution is 0.412. The molecule has 5 nitrogen and oxygen atoms in total. The van der Waals surface area contributed by atoms with Crippen molar-refractivity contribution in [3.05, 3.63) is 47.4 Å². The van der Waals surface area contributed by atoms with Crippen LogP contribution in [0.2, 0.25) is 0 Å². The minimum atomic E-state index is 0.609. The Morgan fingerprint density at radius 2 is 2.08 bits per heavy atom. The van der Waals surface area contributed by atoms with E-state index in [1.807, 2.05) is 12.3 Å². The number of aromatic nitrogens is 3. The van der Waals surface area contributed by atoms with Gasteiger partial charge >= 0.3 is 0 Å².